The van der Waals surface area contributed by atoms with Gasteiger partial charge in [-0.05, 0) is 24.6 Å². The number of hydrogen-bond acceptors (Lipinski definition) is 4. The van der Waals surface area contributed by atoms with Gasteiger partial charge in [0, 0.05) is 42.0 Å². The Labute approximate surface area is 136 Å². The van der Waals surface area contributed by atoms with Crippen LogP contribution in [-0.2, 0) is 14.6 Å². The summed E-state index contributed by atoms with van der Waals surface area (Å²) in [4.78, 5) is 14.2. The van der Waals surface area contributed by atoms with Crippen molar-refractivity contribution in [2.45, 2.75) is 19.4 Å². The van der Waals surface area contributed by atoms with Crippen LogP contribution in [0.3, 0.4) is 0 Å². The smallest absolute Gasteiger partial charge is 0.224 e. The second kappa shape index (κ2) is 6.87. The molecule has 122 valence electrons. The quantitative estimate of drug-likeness (QED) is 0.883. The highest BCUT2D eigenvalue weighted by atomic mass is 35.5. The fourth-order valence-electron chi connectivity index (χ4n) is 2.66. The lowest BCUT2D eigenvalue weighted by Crippen LogP contribution is -2.41. The van der Waals surface area contributed by atoms with E-state index < -0.39 is 15.8 Å². The highest BCUT2D eigenvalue weighted by molar-refractivity contribution is 7.90. The Hall–Kier alpha value is -1.27. The summed E-state index contributed by atoms with van der Waals surface area (Å²) in [5.41, 5.74) is 1.04. The van der Waals surface area contributed by atoms with Crippen molar-refractivity contribution in [2.24, 2.45) is 5.92 Å². The van der Waals surface area contributed by atoms with Gasteiger partial charge in [0.05, 0.1) is 5.75 Å². The van der Waals surface area contributed by atoms with Gasteiger partial charge in [0.2, 0.25) is 5.91 Å². The zero-order valence-corrected chi connectivity index (χ0v) is 14.3. The predicted molar refractivity (Wildman–Crippen MR) is 89.1 cm³/mol. The van der Waals surface area contributed by atoms with Crippen molar-refractivity contribution in [1.29, 1.82) is 0 Å². The third-order valence-electron chi connectivity index (χ3n) is 3.71. The second-order valence-corrected chi connectivity index (χ2v) is 8.53. The summed E-state index contributed by atoms with van der Waals surface area (Å²) in [5, 5.41) is 3.62. The van der Waals surface area contributed by atoms with Crippen LogP contribution in [0.5, 0.6) is 0 Å². The summed E-state index contributed by atoms with van der Waals surface area (Å²) in [7, 11) is -3.15. The topological polar surface area (TPSA) is 66.5 Å². The monoisotopic (exact) mass is 344 g/mol. The number of nitrogens with zero attached hydrogens (tertiary/aromatic N) is 1. The molecule has 1 aromatic carbocycles. The van der Waals surface area contributed by atoms with Crippen LogP contribution in [0.4, 0.5) is 5.69 Å². The molecule has 0 unspecified atom stereocenters. The van der Waals surface area contributed by atoms with Gasteiger partial charge >= 0.3 is 0 Å². The van der Waals surface area contributed by atoms with Crippen LogP contribution < -0.4 is 10.2 Å². The Kier molecular flexibility index (Phi) is 5.34. The molecular formula is C15H21ClN2O3S. The first-order chi connectivity index (χ1) is 10.2. The molecular weight excluding hydrogens is 324 g/mol. The van der Waals surface area contributed by atoms with Crippen LogP contribution in [0.1, 0.15) is 13.3 Å². The summed E-state index contributed by atoms with van der Waals surface area (Å²) in [6, 6.07) is 7.65. The number of anilines is 1. The number of halogens is 1. The van der Waals surface area contributed by atoms with Crippen molar-refractivity contribution < 1.29 is 13.2 Å². The fraction of sp³-hybridized carbons (Fsp3) is 0.533. The van der Waals surface area contributed by atoms with E-state index in [-0.39, 0.29) is 17.7 Å². The van der Waals surface area contributed by atoms with Gasteiger partial charge in [-0.25, -0.2) is 8.42 Å². The summed E-state index contributed by atoms with van der Waals surface area (Å²) in [6.45, 7) is 3.18. The second-order valence-electron chi connectivity index (χ2n) is 5.91. The van der Waals surface area contributed by atoms with Crippen LogP contribution in [0.2, 0.25) is 5.02 Å². The Morgan fingerprint density at radius 2 is 2.23 bits per heavy atom. The lowest BCUT2D eigenvalue weighted by atomic mass is 10.2. The number of amides is 1. The molecule has 0 saturated carbocycles. The Balaban J connectivity index is 1.90. The Morgan fingerprint density at radius 1 is 1.50 bits per heavy atom. The maximum absolute atomic E-state index is 12.1. The van der Waals surface area contributed by atoms with E-state index in [0.717, 1.165) is 24.9 Å². The third kappa shape index (κ3) is 4.88. The molecule has 1 aromatic rings. The van der Waals surface area contributed by atoms with Gasteiger partial charge < -0.3 is 10.2 Å². The maximum atomic E-state index is 12.1. The van der Waals surface area contributed by atoms with Crippen molar-refractivity contribution in [3.63, 3.8) is 0 Å². The number of nitrogens with one attached hydrogen (secondary N) is 1. The van der Waals surface area contributed by atoms with E-state index in [1.54, 1.807) is 6.92 Å². The SMILES string of the molecule is C[C@H](CS(C)(=O)=O)C(=O)N[C@H]1CCN(c2cccc(Cl)c2)C1. The molecule has 2 atom stereocenters. The Morgan fingerprint density at radius 3 is 2.86 bits per heavy atom. The van der Waals surface area contributed by atoms with E-state index in [4.69, 9.17) is 11.6 Å². The number of sulfone groups is 1. The van der Waals surface area contributed by atoms with Crippen LogP contribution in [0.15, 0.2) is 24.3 Å². The largest absolute Gasteiger partial charge is 0.369 e. The predicted octanol–water partition coefficient (Wildman–Crippen LogP) is 1.72. The average molecular weight is 345 g/mol. The molecule has 0 bridgehead atoms. The molecule has 1 heterocycles. The molecule has 5 nitrogen and oxygen atoms in total. The highest BCUT2D eigenvalue weighted by Crippen LogP contribution is 2.23. The van der Waals surface area contributed by atoms with Gasteiger partial charge in [0.15, 0.2) is 0 Å². The fourth-order valence-corrected chi connectivity index (χ4v) is 3.90. The standard InChI is InChI=1S/C15H21ClN2O3S/c1-11(10-22(2,20)21)15(19)17-13-6-7-18(9-13)14-5-3-4-12(16)8-14/h3-5,8,11,13H,6-7,9-10H2,1-2H3,(H,17,19)/t11-,13+/m1/s1. The molecule has 0 radical (unpaired) electrons. The first kappa shape index (κ1) is 17.1. The molecule has 0 aliphatic carbocycles. The van der Waals surface area contributed by atoms with Crippen molar-refractivity contribution in [1.82, 2.24) is 5.32 Å². The van der Waals surface area contributed by atoms with Crippen LogP contribution >= 0.6 is 11.6 Å². The summed E-state index contributed by atoms with van der Waals surface area (Å²) in [5.74, 6) is -0.859. The summed E-state index contributed by atoms with van der Waals surface area (Å²) >= 11 is 5.99. The minimum Gasteiger partial charge on any atom is -0.369 e. The van der Waals surface area contributed by atoms with Crippen molar-refractivity contribution in [3.8, 4) is 0 Å². The number of rotatable bonds is 5. The van der Waals surface area contributed by atoms with Crippen LogP contribution in [0.25, 0.3) is 0 Å². The van der Waals surface area contributed by atoms with E-state index in [0.29, 0.717) is 11.6 Å². The lowest BCUT2D eigenvalue weighted by molar-refractivity contribution is -0.124. The molecule has 1 fully saturated rings. The molecule has 2 rings (SSSR count). The molecule has 7 heteroatoms. The van der Waals surface area contributed by atoms with Crippen LogP contribution in [-0.4, -0.2) is 45.5 Å². The van der Waals surface area contributed by atoms with E-state index in [9.17, 15) is 13.2 Å². The zero-order chi connectivity index (χ0) is 16.3. The molecule has 0 aromatic heterocycles. The van der Waals surface area contributed by atoms with Crippen molar-refractivity contribution in [3.05, 3.63) is 29.3 Å². The summed E-state index contributed by atoms with van der Waals surface area (Å²) < 4.78 is 22.5. The molecule has 22 heavy (non-hydrogen) atoms. The average Bonchev–Trinajstić information content (AvgIpc) is 2.85. The third-order valence-corrected chi connectivity index (χ3v) is 5.05. The molecule has 1 aliphatic rings. The number of carbonyl (C=O) groups excluding carboxylic acids is 1. The summed E-state index contributed by atoms with van der Waals surface area (Å²) in [6.07, 6.45) is 1.98. The normalized spacial score (nSPS) is 20.0. The first-order valence-corrected chi connectivity index (χ1v) is 9.67. The van der Waals surface area contributed by atoms with Gasteiger partial charge in [-0.15, -0.1) is 0 Å². The minimum atomic E-state index is -3.15. The van der Waals surface area contributed by atoms with E-state index >= 15 is 0 Å². The van der Waals surface area contributed by atoms with Crippen LogP contribution in [0, 0.1) is 5.92 Å². The van der Waals surface area contributed by atoms with Crippen molar-refractivity contribution >= 4 is 33.0 Å². The van der Waals surface area contributed by atoms with E-state index in [2.05, 4.69) is 10.2 Å². The molecule has 1 N–H and O–H groups in total. The number of benzene rings is 1. The first-order valence-electron chi connectivity index (χ1n) is 7.23. The van der Waals surface area contributed by atoms with Gasteiger partial charge in [0.1, 0.15) is 9.84 Å². The number of hydrogen-bond donors (Lipinski definition) is 1. The van der Waals surface area contributed by atoms with Crippen molar-refractivity contribution in [2.75, 3.05) is 30.0 Å². The van der Waals surface area contributed by atoms with E-state index in [1.165, 1.54) is 0 Å². The molecule has 1 amide bonds. The maximum Gasteiger partial charge on any atom is 0.224 e. The van der Waals surface area contributed by atoms with Gasteiger partial charge in [-0.1, -0.05) is 24.6 Å². The van der Waals surface area contributed by atoms with E-state index in [1.807, 2.05) is 24.3 Å². The Bertz CT molecular complexity index is 648. The number of carbonyl (C=O) groups is 1. The highest BCUT2D eigenvalue weighted by Gasteiger charge is 2.26. The zero-order valence-electron chi connectivity index (χ0n) is 12.8. The van der Waals surface area contributed by atoms with Gasteiger partial charge in [-0.3, -0.25) is 4.79 Å². The molecule has 0 spiro atoms. The lowest BCUT2D eigenvalue weighted by Gasteiger charge is -2.20. The van der Waals surface area contributed by atoms with Gasteiger partial charge in [0.25, 0.3) is 0 Å². The minimum absolute atomic E-state index is 0.0356. The molecule has 1 saturated heterocycles. The molecule has 1 aliphatic heterocycles. The van der Waals surface area contributed by atoms with Gasteiger partial charge in [-0.2, -0.15) is 0 Å².